The lowest BCUT2D eigenvalue weighted by Crippen LogP contribution is -2.60. The topological polar surface area (TPSA) is 26.0 Å². The standard InChI is InChI=1S/C16H31N/c1-12-7-8-14(11-13(12)2)16(17)10-6-5-9-15(16,3)4/h12-14H,5-11,17H2,1-4H3. The van der Waals surface area contributed by atoms with Gasteiger partial charge in [-0.3, -0.25) is 0 Å². The molecule has 0 aliphatic heterocycles. The fourth-order valence-electron chi connectivity index (χ4n) is 4.33. The number of hydrogen-bond acceptors (Lipinski definition) is 1. The zero-order chi connectivity index (χ0) is 12.7. The molecule has 0 saturated heterocycles. The first-order valence-corrected chi connectivity index (χ1v) is 7.66. The van der Waals surface area contributed by atoms with Crippen molar-refractivity contribution in [2.24, 2.45) is 28.9 Å². The van der Waals surface area contributed by atoms with Gasteiger partial charge in [0.1, 0.15) is 0 Å². The Morgan fingerprint density at radius 2 is 1.59 bits per heavy atom. The molecule has 1 nitrogen and oxygen atoms in total. The Morgan fingerprint density at radius 1 is 0.941 bits per heavy atom. The largest absolute Gasteiger partial charge is 0.324 e. The quantitative estimate of drug-likeness (QED) is 0.720. The average Bonchev–Trinajstić information content (AvgIpc) is 2.26. The SMILES string of the molecule is CC1CCC(C2(N)CCCCC2(C)C)CC1C. The van der Waals surface area contributed by atoms with Crippen LogP contribution < -0.4 is 5.73 Å². The second-order valence-corrected chi connectivity index (χ2v) is 7.60. The summed E-state index contributed by atoms with van der Waals surface area (Å²) in [5.41, 5.74) is 7.37. The molecule has 1 heteroatoms. The Hall–Kier alpha value is -0.0400. The second kappa shape index (κ2) is 4.57. The molecular weight excluding hydrogens is 206 g/mol. The number of nitrogens with two attached hydrogens (primary N) is 1. The maximum atomic E-state index is 6.92. The molecule has 0 bridgehead atoms. The predicted octanol–water partition coefficient (Wildman–Crippen LogP) is 4.36. The van der Waals surface area contributed by atoms with Crippen molar-refractivity contribution < 1.29 is 0 Å². The smallest absolute Gasteiger partial charge is 0.0234 e. The fourth-order valence-corrected chi connectivity index (χ4v) is 4.33. The van der Waals surface area contributed by atoms with E-state index in [1.54, 1.807) is 0 Å². The monoisotopic (exact) mass is 237 g/mol. The molecule has 4 unspecified atom stereocenters. The molecule has 4 atom stereocenters. The van der Waals surface area contributed by atoms with Gasteiger partial charge >= 0.3 is 0 Å². The molecule has 0 aromatic heterocycles. The summed E-state index contributed by atoms with van der Waals surface area (Å²) in [5.74, 6) is 2.54. The molecule has 0 aromatic carbocycles. The van der Waals surface area contributed by atoms with Gasteiger partial charge in [0.25, 0.3) is 0 Å². The van der Waals surface area contributed by atoms with Gasteiger partial charge in [0, 0.05) is 5.54 Å². The van der Waals surface area contributed by atoms with Crippen LogP contribution in [0.3, 0.4) is 0 Å². The Bertz CT molecular complexity index is 271. The van der Waals surface area contributed by atoms with E-state index < -0.39 is 0 Å². The van der Waals surface area contributed by atoms with Gasteiger partial charge in [0.2, 0.25) is 0 Å². The van der Waals surface area contributed by atoms with Crippen LogP contribution in [0, 0.1) is 23.2 Å². The molecule has 100 valence electrons. The molecule has 2 N–H and O–H groups in total. The van der Waals surface area contributed by atoms with E-state index in [0.29, 0.717) is 5.41 Å². The highest BCUT2D eigenvalue weighted by Crippen LogP contribution is 2.51. The highest BCUT2D eigenvalue weighted by atomic mass is 14.8. The summed E-state index contributed by atoms with van der Waals surface area (Å²) in [6, 6.07) is 0. The van der Waals surface area contributed by atoms with E-state index in [1.165, 1.54) is 44.9 Å². The van der Waals surface area contributed by atoms with Crippen LogP contribution in [-0.4, -0.2) is 5.54 Å². The van der Waals surface area contributed by atoms with Crippen LogP contribution in [-0.2, 0) is 0 Å². The minimum absolute atomic E-state index is 0.111. The van der Waals surface area contributed by atoms with Crippen molar-refractivity contribution >= 4 is 0 Å². The minimum atomic E-state index is 0.111. The summed E-state index contributed by atoms with van der Waals surface area (Å²) in [6.07, 6.45) is 9.42. The van der Waals surface area contributed by atoms with E-state index in [0.717, 1.165) is 17.8 Å². The molecule has 0 spiro atoms. The summed E-state index contributed by atoms with van der Waals surface area (Å²) < 4.78 is 0. The molecule has 0 amide bonds. The van der Waals surface area contributed by atoms with E-state index >= 15 is 0 Å². The molecule has 2 saturated carbocycles. The molecular formula is C16H31N. The van der Waals surface area contributed by atoms with Gasteiger partial charge < -0.3 is 5.73 Å². The van der Waals surface area contributed by atoms with Gasteiger partial charge in [-0.25, -0.2) is 0 Å². The average molecular weight is 237 g/mol. The Balaban J connectivity index is 2.14. The summed E-state index contributed by atoms with van der Waals surface area (Å²) in [6.45, 7) is 9.66. The summed E-state index contributed by atoms with van der Waals surface area (Å²) in [5, 5.41) is 0. The van der Waals surface area contributed by atoms with Gasteiger partial charge in [-0.15, -0.1) is 0 Å². The van der Waals surface area contributed by atoms with Crippen molar-refractivity contribution in [3.63, 3.8) is 0 Å². The lowest BCUT2D eigenvalue weighted by Gasteiger charge is -2.54. The lowest BCUT2D eigenvalue weighted by molar-refractivity contribution is 0.00884. The van der Waals surface area contributed by atoms with Gasteiger partial charge in [-0.05, 0) is 48.9 Å². The zero-order valence-corrected chi connectivity index (χ0v) is 12.3. The molecule has 2 rings (SSSR count). The third kappa shape index (κ3) is 2.28. The van der Waals surface area contributed by atoms with Gasteiger partial charge in [-0.1, -0.05) is 47.0 Å². The van der Waals surface area contributed by atoms with Crippen molar-refractivity contribution in [1.29, 1.82) is 0 Å². The second-order valence-electron chi connectivity index (χ2n) is 7.60. The van der Waals surface area contributed by atoms with Gasteiger partial charge in [0.15, 0.2) is 0 Å². The minimum Gasteiger partial charge on any atom is -0.324 e. The molecule has 2 fully saturated rings. The van der Waals surface area contributed by atoms with Crippen molar-refractivity contribution in [2.75, 3.05) is 0 Å². The number of hydrogen-bond donors (Lipinski definition) is 1. The van der Waals surface area contributed by atoms with Crippen LogP contribution in [0.1, 0.15) is 72.6 Å². The zero-order valence-electron chi connectivity index (χ0n) is 12.3. The van der Waals surface area contributed by atoms with E-state index in [2.05, 4.69) is 27.7 Å². The third-order valence-electron chi connectivity index (χ3n) is 6.23. The third-order valence-corrected chi connectivity index (χ3v) is 6.23. The molecule has 0 radical (unpaired) electrons. The first-order valence-electron chi connectivity index (χ1n) is 7.66. The van der Waals surface area contributed by atoms with Crippen molar-refractivity contribution in [2.45, 2.75) is 78.2 Å². The maximum absolute atomic E-state index is 6.92. The summed E-state index contributed by atoms with van der Waals surface area (Å²) in [4.78, 5) is 0. The van der Waals surface area contributed by atoms with E-state index in [-0.39, 0.29) is 5.54 Å². The lowest BCUT2D eigenvalue weighted by atomic mass is 9.54. The van der Waals surface area contributed by atoms with Crippen LogP contribution >= 0.6 is 0 Å². The highest BCUT2D eigenvalue weighted by molar-refractivity contribution is 5.05. The molecule has 0 aromatic rings. The van der Waals surface area contributed by atoms with Crippen molar-refractivity contribution in [3.8, 4) is 0 Å². The first-order chi connectivity index (χ1) is 7.87. The van der Waals surface area contributed by atoms with Crippen LogP contribution in [0.25, 0.3) is 0 Å². The maximum Gasteiger partial charge on any atom is 0.0234 e. The van der Waals surface area contributed by atoms with Crippen LogP contribution in [0.2, 0.25) is 0 Å². The van der Waals surface area contributed by atoms with Crippen LogP contribution in [0.5, 0.6) is 0 Å². The molecule has 17 heavy (non-hydrogen) atoms. The van der Waals surface area contributed by atoms with Crippen LogP contribution in [0.15, 0.2) is 0 Å². The fraction of sp³-hybridized carbons (Fsp3) is 1.00. The highest BCUT2D eigenvalue weighted by Gasteiger charge is 2.49. The Labute approximate surface area is 108 Å². The molecule has 0 heterocycles. The summed E-state index contributed by atoms with van der Waals surface area (Å²) in [7, 11) is 0. The van der Waals surface area contributed by atoms with Crippen LogP contribution in [0.4, 0.5) is 0 Å². The first kappa shape index (κ1) is 13.4. The van der Waals surface area contributed by atoms with Gasteiger partial charge in [0.05, 0.1) is 0 Å². The van der Waals surface area contributed by atoms with Crippen molar-refractivity contribution in [1.82, 2.24) is 0 Å². The Morgan fingerprint density at radius 3 is 2.18 bits per heavy atom. The van der Waals surface area contributed by atoms with Gasteiger partial charge in [-0.2, -0.15) is 0 Å². The predicted molar refractivity (Wildman–Crippen MR) is 74.8 cm³/mol. The Kier molecular flexibility index (Phi) is 3.60. The molecule has 2 aliphatic rings. The van der Waals surface area contributed by atoms with Crippen molar-refractivity contribution in [3.05, 3.63) is 0 Å². The van der Waals surface area contributed by atoms with E-state index in [4.69, 9.17) is 5.73 Å². The normalized spacial score (nSPS) is 46.8. The molecule has 2 aliphatic carbocycles. The number of rotatable bonds is 1. The summed E-state index contributed by atoms with van der Waals surface area (Å²) >= 11 is 0. The van der Waals surface area contributed by atoms with E-state index in [9.17, 15) is 0 Å². The van der Waals surface area contributed by atoms with E-state index in [1.807, 2.05) is 0 Å².